The fourth-order valence-corrected chi connectivity index (χ4v) is 2.53. The molecule has 0 radical (unpaired) electrons. The first kappa shape index (κ1) is 13.9. The molecule has 0 saturated carbocycles. The minimum atomic E-state index is 0.186. The third-order valence-corrected chi connectivity index (χ3v) is 3.85. The third-order valence-electron chi connectivity index (χ3n) is 3.85. The largest absolute Gasteiger partial charge is 0.399 e. The molecule has 1 saturated heterocycles. The zero-order chi connectivity index (χ0) is 13.8. The predicted octanol–water partition coefficient (Wildman–Crippen LogP) is 1.54. The summed E-state index contributed by atoms with van der Waals surface area (Å²) in [6.45, 7) is 2.53. The molecule has 1 amide bonds. The number of nitrogens with two attached hydrogens (primary N) is 1. The van der Waals surface area contributed by atoms with Gasteiger partial charge in [0.15, 0.2) is 0 Å². The number of nitrogens with zero attached hydrogens (tertiary/aromatic N) is 2. The molecule has 0 spiro atoms. The quantitative estimate of drug-likeness (QED) is 0.840. The molecule has 1 aliphatic heterocycles. The van der Waals surface area contributed by atoms with Crippen molar-refractivity contribution in [1.82, 2.24) is 9.80 Å². The van der Waals surface area contributed by atoms with Crippen LogP contribution in [0.5, 0.6) is 0 Å². The van der Waals surface area contributed by atoms with Crippen molar-refractivity contribution in [2.45, 2.75) is 18.8 Å². The lowest BCUT2D eigenvalue weighted by molar-refractivity contribution is -0.130. The summed E-state index contributed by atoms with van der Waals surface area (Å²) in [4.78, 5) is 15.6. The second-order valence-electron chi connectivity index (χ2n) is 5.51. The lowest BCUT2D eigenvalue weighted by Crippen LogP contribution is -2.40. The average molecular weight is 261 g/mol. The number of rotatable bonds is 3. The minimum absolute atomic E-state index is 0.186. The van der Waals surface area contributed by atoms with E-state index in [1.807, 2.05) is 26.2 Å². The van der Waals surface area contributed by atoms with Gasteiger partial charge in [0, 0.05) is 19.8 Å². The Morgan fingerprint density at radius 3 is 2.37 bits per heavy atom. The van der Waals surface area contributed by atoms with Crippen molar-refractivity contribution in [1.29, 1.82) is 0 Å². The van der Waals surface area contributed by atoms with Crippen molar-refractivity contribution in [2.24, 2.45) is 0 Å². The molecule has 1 heterocycles. The lowest BCUT2D eigenvalue weighted by atomic mass is 9.89. The van der Waals surface area contributed by atoms with Gasteiger partial charge in [0.25, 0.3) is 0 Å². The van der Waals surface area contributed by atoms with Crippen LogP contribution in [0, 0.1) is 0 Å². The zero-order valence-electron chi connectivity index (χ0n) is 11.8. The van der Waals surface area contributed by atoms with Gasteiger partial charge in [-0.25, -0.2) is 0 Å². The SMILES string of the molecule is CN(C)C(=O)CN1CCC(c2ccc(N)cc2)CC1. The fraction of sp³-hybridized carbons (Fsp3) is 0.533. The van der Waals surface area contributed by atoms with Crippen molar-refractivity contribution in [3.8, 4) is 0 Å². The van der Waals surface area contributed by atoms with Crippen molar-refractivity contribution in [2.75, 3.05) is 39.5 Å². The van der Waals surface area contributed by atoms with Crippen LogP contribution in [-0.4, -0.2) is 49.4 Å². The van der Waals surface area contributed by atoms with Gasteiger partial charge in [0.1, 0.15) is 0 Å². The van der Waals surface area contributed by atoms with Crippen LogP contribution in [0.1, 0.15) is 24.3 Å². The number of anilines is 1. The van der Waals surface area contributed by atoms with Gasteiger partial charge < -0.3 is 10.6 Å². The molecule has 1 fully saturated rings. The highest BCUT2D eigenvalue weighted by Crippen LogP contribution is 2.28. The van der Waals surface area contributed by atoms with E-state index in [9.17, 15) is 4.79 Å². The molecule has 1 aromatic carbocycles. The Labute approximate surface area is 115 Å². The standard InChI is InChI=1S/C15H23N3O/c1-17(2)15(19)11-18-9-7-13(8-10-18)12-3-5-14(16)6-4-12/h3-6,13H,7-11,16H2,1-2H3. The maximum absolute atomic E-state index is 11.7. The Balaban J connectivity index is 1.85. The van der Waals surface area contributed by atoms with Gasteiger partial charge in [0.05, 0.1) is 6.54 Å². The average Bonchev–Trinajstić information content (AvgIpc) is 2.40. The summed E-state index contributed by atoms with van der Waals surface area (Å²) >= 11 is 0. The van der Waals surface area contributed by atoms with Crippen molar-refractivity contribution < 1.29 is 4.79 Å². The number of amides is 1. The van der Waals surface area contributed by atoms with E-state index in [1.54, 1.807) is 4.90 Å². The first-order valence-corrected chi connectivity index (χ1v) is 6.84. The fourth-order valence-electron chi connectivity index (χ4n) is 2.53. The normalized spacial score (nSPS) is 17.4. The second kappa shape index (κ2) is 6.06. The molecule has 1 aromatic rings. The van der Waals surface area contributed by atoms with Gasteiger partial charge in [-0.2, -0.15) is 0 Å². The van der Waals surface area contributed by atoms with Crippen molar-refractivity contribution in [3.05, 3.63) is 29.8 Å². The van der Waals surface area contributed by atoms with Crippen molar-refractivity contribution >= 4 is 11.6 Å². The number of hydrogen-bond donors (Lipinski definition) is 1. The van der Waals surface area contributed by atoms with Gasteiger partial charge in [-0.1, -0.05) is 12.1 Å². The highest BCUT2D eigenvalue weighted by atomic mass is 16.2. The molecule has 4 nitrogen and oxygen atoms in total. The maximum Gasteiger partial charge on any atom is 0.236 e. The number of carbonyl (C=O) groups is 1. The van der Waals surface area contributed by atoms with Crippen molar-refractivity contribution in [3.63, 3.8) is 0 Å². The van der Waals surface area contributed by atoms with Crippen LogP contribution in [0.3, 0.4) is 0 Å². The highest BCUT2D eigenvalue weighted by Gasteiger charge is 2.22. The van der Waals surface area contributed by atoms with Gasteiger partial charge in [-0.15, -0.1) is 0 Å². The maximum atomic E-state index is 11.7. The van der Waals surface area contributed by atoms with Crippen LogP contribution in [0.2, 0.25) is 0 Å². The van der Waals surface area contributed by atoms with Crippen LogP contribution < -0.4 is 5.73 Å². The molecule has 0 atom stereocenters. The minimum Gasteiger partial charge on any atom is -0.399 e. The molecule has 0 bridgehead atoms. The summed E-state index contributed by atoms with van der Waals surface area (Å²) in [6.07, 6.45) is 2.23. The number of piperidine rings is 1. The number of hydrogen-bond acceptors (Lipinski definition) is 3. The molecule has 2 rings (SSSR count). The van der Waals surface area contributed by atoms with Crippen LogP contribution in [0.25, 0.3) is 0 Å². The predicted molar refractivity (Wildman–Crippen MR) is 78.0 cm³/mol. The first-order chi connectivity index (χ1) is 9.06. The number of carbonyl (C=O) groups excluding carboxylic acids is 1. The van der Waals surface area contributed by atoms with E-state index in [2.05, 4.69) is 17.0 Å². The van der Waals surface area contributed by atoms with Gasteiger partial charge in [-0.05, 0) is 49.5 Å². The summed E-state index contributed by atoms with van der Waals surface area (Å²) in [6, 6.07) is 8.19. The van der Waals surface area contributed by atoms with E-state index in [1.165, 1.54) is 5.56 Å². The molecule has 19 heavy (non-hydrogen) atoms. The van der Waals surface area contributed by atoms with E-state index in [4.69, 9.17) is 5.73 Å². The summed E-state index contributed by atoms with van der Waals surface area (Å²) in [5, 5.41) is 0. The Morgan fingerprint density at radius 2 is 1.84 bits per heavy atom. The second-order valence-corrected chi connectivity index (χ2v) is 5.51. The Morgan fingerprint density at radius 1 is 1.26 bits per heavy atom. The van der Waals surface area contributed by atoms with Gasteiger partial charge >= 0.3 is 0 Å². The van der Waals surface area contributed by atoms with E-state index >= 15 is 0 Å². The summed E-state index contributed by atoms with van der Waals surface area (Å²) in [5.41, 5.74) is 7.90. The smallest absolute Gasteiger partial charge is 0.236 e. The zero-order valence-corrected chi connectivity index (χ0v) is 11.8. The van der Waals surface area contributed by atoms with Crippen LogP contribution in [0.15, 0.2) is 24.3 Å². The molecular formula is C15H23N3O. The molecule has 1 aliphatic rings. The molecule has 104 valence electrons. The molecule has 0 aromatic heterocycles. The number of nitrogen functional groups attached to an aromatic ring is 1. The first-order valence-electron chi connectivity index (χ1n) is 6.84. The number of benzene rings is 1. The number of likely N-dealkylation sites (N-methyl/N-ethyl adjacent to an activating group) is 1. The Kier molecular flexibility index (Phi) is 4.43. The van der Waals surface area contributed by atoms with E-state index in [-0.39, 0.29) is 5.91 Å². The number of likely N-dealkylation sites (tertiary alicyclic amines) is 1. The van der Waals surface area contributed by atoms with E-state index in [0.29, 0.717) is 12.5 Å². The molecule has 0 unspecified atom stereocenters. The topological polar surface area (TPSA) is 49.6 Å². The summed E-state index contributed by atoms with van der Waals surface area (Å²) < 4.78 is 0. The summed E-state index contributed by atoms with van der Waals surface area (Å²) in [7, 11) is 3.62. The highest BCUT2D eigenvalue weighted by molar-refractivity contribution is 5.77. The Hall–Kier alpha value is -1.55. The van der Waals surface area contributed by atoms with E-state index in [0.717, 1.165) is 31.6 Å². The van der Waals surface area contributed by atoms with Gasteiger partial charge in [-0.3, -0.25) is 9.69 Å². The summed E-state index contributed by atoms with van der Waals surface area (Å²) in [5.74, 6) is 0.789. The monoisotopic (exact) mass is 261 g/mol. The van der Waals surface area contributed by atoms with Crippen LogP contribution in [-0.2, 0) is 4.79 Å². The molecule has 4 heteroatoms. The van der Waals surface area contributed by atoms with Crippen LogP contribution in [0.4, 0.5) is 5.69 Å². The molecule has 0 aliphatic carbocycles. The molecular weight excluding hydrogens is 238 g/mol. The Bertz CT molecular complexity index is 420. The molecule has 2 N–H and O–H groups in total. The van der Waals surface area contributed by atoms with E-state index < -0.39 is 0 Å². The lowest BCUT2D eigenvalue weighted by Gasteiger charge is -2.32. The van der Waals surface area contributed by atoms with Crippen LogP contribution >= 0.6 is 0 Å². The van der Waals surface area contributed by atoms with Gasteiger partial charge in [0.2, 0.25) is 5.91 Å². The third kappa shape index (κ3) is 3.70.